The fourth-order valence-electron chi connectivity index (χ4n) is 2.39. The molecule has 2 unspecified atom stereocenters. The summed E-state index contributed by atoms with van der Waals surface area (Å²) in [5.74, 6) is 0.162. The van der Waals surface area contributed by atoms with E-state index in [1.807, 2.05) is 6.92 Å². The first-order chi connectivity index (χ1) is 9.87. The van der Waals surface area contributed by atoms with Gasteiger partial charge in [0.2, 0.25) is 0 Å². The van der Waals surface area contributed by atoms with Crippen LogP contribution in [0.1, 0.15) is 36.8 Å². The van der Waals surface area contributed by atoms with Crippen LogP contribution in [0.25, 0.3) is 0 Å². The Balaban J connectivity index is 3.09. The minimum absolute atomic E-state index is 0.00272. The van der Waals surface area contributed by atoms with Crippen molar-refractivity contribution in [2.75, 3.05) is 20.3 Å². The normalized spacial score (nSPS) is 14.8. The van der Waals surface area contributed by atoms with Crippen LogP contribution in [0.15, 0.2) is 18.2 Å². The molecule has 0 radical (unpaired) electrons. The lowest BCUT2D eigenvalue weighted by atomic mass is 9.86. The van der Waals surface area contributed by atoms with E-state index in [4.69, 9.17) is 10.5 Å². The van der Waals surface area contributed by atoms with Crippen molar-refractivity contribution in [3.05, 3.63) is 29.3 Å². The van der Waals surface area contributed by atoms with E-state index in [9.17, 15) is 18.3 Å². The Kier molecular flexibility index (Phi) is 6.48. The third-order valence-corrected chi connectivity index (χ3v) is 3.70. The smallest absolute Gasteiger partial charge is 0.416 e. The monoisotopic (exact) mass is 305 g/mol. The number of methoxy groups -OCH3 is 1. The molecule has 6 heteroatoms. The van der Waals surface area contributed by atoms with Gasteiger partial charge in [0, 0.05) is 6.61 Å². The number of aliphatic hydroxyl groups is 1. The summed E-state index contributed by atoms with van der Waals surface area (Å²) in [7, 11) is 1.36. The minimum atomic E-state index is -4.39. The average Bonchev–Trinajstić information content (AvgIpc) is 2.47. The minimum Gasteiger partial charge on any atom is -0.496 e. The fraction of sp³-hybridized carbons (Fsp3) is 0.600. The van der Waals surface area contributed by atoms with Crippen molar-refractivity contribution in [1.82, 2.24) is 0 Å². The first kappa shape index (κ1) is 17.8. The van der Waals surface area contributed by atoms with Crippen LogP contribution in [0, 0.1) is 5.92 Å². The molecule has 0 fully saturated rings. The van der Waals surface area contributed by atoms with E-state index in [0.29, 0.717) is 13.0 Å². The lowest BCUT2D eigenvalue weighted by Gasteiger charge is -2.23. The van der Waals surface area contributed by atoms with Crippen LogP contribution in [0.3, 0.4) is 0 Å². The number of halogens is 3. The second-order valence-electron chi connectivity index (χ2n) is 5.08. The number of nitrogens with two attached hydrogens (primary N) is 1. The van der Waals surface area contributed by atoms with Gasteiger partial charge in [0.15, 0.2) is 0 Å². The van der Waals surface area contributed by atoms with E-state index in [-0.39, 0.29) is 24.2 Å². The molecule has 0 aliphatic rings. The highest BCUT2D eigenvalue weighted by atomic mass is 19.4. The van der Waals surface area contributed by atoms with Gasteiger partial charge in [-0.3, -0.25) is 0 Å². The lowest BCUT2D eigenvalue weighted by Crippen LogP contribution is -2.21. The topological polar surface area (TPSA) is 55.5 Å². The maximum absolute atomic E-state index is 12.7. The summed E-state index contributed by atoms with van der Waals surface area (Å²) < 4.78 is 43.3. The quantitative estimate of drug-likeness (QED) is 0.813. The fourth-order valence-corrected chi connectivity index (χ4v) is 2.39. The standard InChI is InChI=1S/C15H22F3NO2/c1-3-11(6-10(8-19)9-20)13-5-4-12(15(16,17)18)7-14(13)21-2/h4-5,7,10-11,20H,3,6,8-9,19H2,1-2H3. The predicted molar refractivity (Wildman–Crippen MR) is 75.3 cm³/mol. The summed E-state index contributed by atoms with van der Waals surface area (Å²) in [6.45, 7) is 2.26. The number of rotatable bonds is 7. The number of ether oxygens (including phenoxy) is 1. The van der Waals surface area contributed by atoms with Gasteiger partial charge < -0.3 is 15.6 Å². The van der Waals surface area contributed by atoms with Gasteiger partial charge in [-0.05, 0) is 48.9 Å². The Bertz CT molecular complexity index is 445. The molecule has 0 aliphatic heterocycles. The highest BCUT2D eigenvalue weighted by Gasteiger charge is 2.32. The van der Waals surface area contributed by atoms with E-state index in [0.717, 1.165) is 24.1 Å². The summed E-state index contributed by atoms with van der Waals surface area (Å²) in [4.78, 5) is 0. The number of benzene rings is 1. The SMILES string of the molecule is CCC(CC(CN)CO)c1ccc(C(F)(F)F)cc1OC. The van der Waals surface area contributed by atoms with Crippen molar-refractivity contribution in [3.8, 4) is 5.75 Å². The summed E-state index contributed by atoms with van der Waals surface area (Å²) in [5.41, 5.74) is 5.57. The number of hydrogen-bond donors (Lipinski definition) is 2. The van der Waals surface area contributed by atoms with Crippen LogP contribution >= 0.6 is 0 Å². The van der Waals surface area contributed by atoms with Crippen LogP contribution in [-0.2, 0) is 6.18 Å². The third-order valence-electron chi connectivity index (χ3n) is 3.70. The van der Waals surface area contributed by atoms with Gasteiger partial charge in [0.05, 0.1) is 12.7 Å². The Morgan fingerprint density at radius 3 is 2.43 bits per heavy atom. The molecule has 120 valence electrons. The maximum atomic E-state index is 12.7. The highest BCUT2D eigenvalue weighted by molar-refractivity contribution is 5.41. The molecule has 21 heavy (non-hydrogen) atoms. The van der Waals surface area contributed by atoms with E-state index in [1.54, 1.807) is 0 Å². The Labute approximate surface area is 122 Å². The van der Waals surface area contributed by atoms with Crippen molar-refractivity contribution >= 4 is 0 Å². The molecule has 0 saturated heterocycles. The largest absolute Gasteiger partial charge is 0.496 e. The zero-order chi connectivity index (χ0) is 16.0. The first-order valence-electron chi connectivity index (χ1n) is 6.93. The number of aliphatic hydroxyl groups excluding tert-OH is 1. The Morgan fingerprint density at radius 2 is 2.00 bits per heavy atom. The van der Waals surface area contributed by atoms with E-state index in [2.05, 4.69) is 0 Å². The predicted octanol–water partition coefficient (Wildman–Crippen LogP) is 3.16. The molecule has 1 aromatic carbocycles. The highest BCUT2D eigenvalue weighted by Crippen LogP contribution is 2.38. The Hall–Kier alpha value is -1.27. The van der Waals surface area contributed by atoms with Crippen molar-refractivity contribution in [1.29, 1.82) is 0 Å². The molecule has 0 aromatic heterocycles. The summed E-state index contributed by atoms with van der Waals surface area (Å²) in [5, 5.41) is 9.23. The number of hydrogen-bond acceptors (Lipinski definition) is 3. The molecule has 3 N–H and O–H groups in total. The second kappa shape index (κ2) is 7.66. The summed E-state index contributed by atoms with van der Waals surface area (Å²) in [6.07, 6.45) is -3.04. The summed E-state index contributed by atoms with van der Waals surface area (Å²) in [6, 6.07) is 3.55. The molecule has 1 aromatic rings. The van der Waals surface area contributed by atoms with Crippen molar-refractivity contribution in [2.45, 2.75) is 31.9 Å². The molecule has 0 amide bonds. The van der Waals surface area contributed by atoms with E-state index in [1.165, 1.54) is 13.2 Å². The van der Waals surface area contributed by atoms with Crippen LogP contribution in [0.2, 0.25) is 0 Å². The molecule has 3 nitrogen and oxygen atoms in total. The summed E-state index contributed by atoms with van der Waals surface area (Å²) >= 11 is 0. The van der Waals surface area contributed by atoms with Gasteiger partial charge in [0.25, 0.3) is 0 Å². The van der Waals surface area contributed by atoms with Gasteiger partial charge in [-0.1, -0.05) is 13.0 Å². The second-order valence-corrected chi connectivity index (χ2v) is 5.08. The molecule has 0 spiro atoms. The van der Waals surface area contributed by atoms with Gasteiger partial charge in [0.1, 0.15) is 5.75 Å². The average molecular weight is 305 g/mol. The maximum Gasteiger partial charge on any atom is 0.416 e. The zero-order valence-electron chi connectivity index (χ0n) is 12.3. The van der Waals surface area contributed by atoms with Gasteiger partial charge in [-0.2, -0.15) is 13.2 Å². The Morgan fingerprint density at radius 1 is 1.33 bits per heavy atom. The zero-order valence-corrected chi connectivity index (χ0v) is 12.3. The van der Waals surface area contributed by atoms with Crippen molar-refractivity contribution < 1.29 is 23.0 Å². The molecule has 0 aliphatic carbocycles. The molecule has 0 saturated carbocycles. The van der Waals surface area contributed by atoms with Crippen LogP contribution in [0.5, 0.6) is 5.75 Å². The van der Waals surface area contributed by atoms with Crippen LogP contribution < -0.4 is 10.5 Å². The molecule has 0 heterocycles. The number of alkyl halides is 3. The van der Waals surface area contributed by atoms with Gasteiger partial charge in [-0.25, -0.2) is 0 Å². The van der Waals surface area contributed by atoms with E-state index < -0.39 is 11.7 Å². The van der Waals surface area contributed by atoms with Gasteiger partial charge >= 0.3 is 6.18 Å². The van der Waals surface area contributed by atoms with E-state index >= 15 is 0 Å². The lowest BCUT2D eigenvalue weighted by molar-refractivity contribution is -0.137. The van der Waals surface area contributed by atoms with Crippen molar-refractivity contribution in [3.63, 3.8) is 0 Å². The molecular formula is C15H22F3NO2. The molecule has 2 atom stereocenters. The molecule has 1 rings (SSSR count). The first-order valence-corrected chi connectivity index (χ1v) is 6.93. The van der Waals surface area contributed by atoms with Crippen LogP contribution in [0.4, 0.5) is 13.2 Å². The molecule has 0 bridgehead atoms. The van der Waals surface area contributed by atoms with Crippen LogP contribution in [-0.4, -0.2) is 25.4 Å². The van der Waals surface area contributed by atoms with Crippen molar-refractivity contribution in [2.24, 2.45) is 11.7 Å². The third kappa shape index (κ3) is 4.61. The van der Waals surface area contributed by atoms with Gasteiger partial charge in [-0.15, -0.1) is 0 Å². The molecular weight excluding hydrogens is 283 g/mol.